The summed E-state index contributed by atoms with van der Waals surface area (Å²) in [5.41, 5.74) is 0.277. The molecule has 0 saturated carbocycles. The average molecular weight is 127 g/mol. The monoisotopic (exact) mass is 127 g/mol. The molecule has 2 aliphatic rings. The van der Waals surface area contributed by atoms with Gasteiger partial charge >= 0.3 is 0 Å². The van der Waals surface area contributed by atoms with Gasteiger partial charge in [0.2, 0.25) is 0 Å². The Balaban J connectivity index is 1.99. The van der Waals surface area contributed by atoms with Gasteiger partial charge in [-0.15, -0.1) is 0 Å². The topological polar surface area (TPSA) is 21.3 Å². The molecule has 52 valence electrons. The summed E-state index contributed by atoms with van der Waals surface area (Å²) in [6.07, 6.45) is 2.48. The molecule has 2 unspecified atom stereocenters. The van der Waals surface area contributed by atoms with Crippen LogP contribution >= 0.6 is 0 Å². The van der Waals surface area contributed by atoms with E-state index in [9.17, 15) is 0 Å². The van der Waals surface area contributed by atoms with Gasteiger partial charge in [-0.05, 0) is 13.3 Å². The second-order valence-corrected chi connectivity index (χ2v) is 3.27. The van der Waals surface area contributed by atoms with E-state index in [0.29, 0.717) is 6.04 Å². The maximum Gasteiger partial charge on any atom is 0.0842 e. The summed E-state index contributed by atoms with van der Waals surface area (Å²) < 4.78 is 5.49. The zero-order chi connectivity index (χ0) is 6.32. The molecular formula is C7H13NO. The van der Waals surface area contributed by atoms with Crippen LogP contribution in [0.2, 0.25) is 0 Å². The molecule has 2 nitrogen and oxygen atoms in total. The number of nitrogens with one attached hydrogen (secondary N) is 1. The number of rotatable bonds is 0. The van der Waals surface area contributed by atoms with Gasteiger partial charge < -0.3 is 10.1 Å². The van der Waals surface area contributed by atoms with E-state index >= 15 is 0 Å². The van der Waals surface area contributed by atoms with E-state index < -0.39 is 0 Å². The minimum Gasteiger partial charge on any atom is -0.373 e. The lowest BCUT2D eigenvalue weighted by molar-refractivity contribution is -0.133. The molecule has 2 rings (SSSR count). The van der Waals surface area contributed by atoms with Crippen LogP contribution in [0.3, 0.4) is 0 Å². The molecule has 2 heteroatoms. The van der Waals surface area contributed by atoms with E-state index in [4.69, 9.17) is 4.74 Å². The first-order valence-corrected chi connectivity index (χ1v) is 3.68. The Kier molecular flexibility index (Phi) is 1.08. The van der Waals surface area contributed by atoms with Crippen LogP contribution in [0.25, 0.3) is 0 Å². The molecule has 0 aromatic heterocycles. The number of ether oxygens (including phenoxy) is 1. The molecule has 2 saturated heterocycles. The Labute approximate surface area is 55.6 Å². The van der Waals surface area contributed by atoms with Gasteiger partial charge in [0.1, 0.15) is 0 Å². The highest BCUT2D eigenvalue weighted by molar-refractivity contribution is 4.98. The predicted octanol–water partition coefficient (Wildman–Crippen LogP) is 0.527. The molecule has 0 radical (unpaired) electrons. The molecule has 1 spiro atoms. The van der Waals surface area contributed by atoms with Crippen LogP contribution in [0.5, 0.6) is 0 Å². The first kappa shape index (κ1) is 5.69. The molecule has 0 aromatic rings. The lowest BCUT2D eigenvalue weighted by Crippen LogP contribution is -2.45. The van der Waals surface area contributed by atoms with Crippen LogP contribution in [-0.4, -0.2) is 24.8 Å². The molecule has 2 aliphatic heterocycles. The van der Waals surface area contributed by atoms with Crippen molar-refractivity contribution in [3.05, 3.63) is 0 Å². The van der Waals surface area contributed by atoms with Gasteiger partial charge in [0.25, 0.3) is 0 Å². The summed E-state index contributed by atoms with van der Waals surface area (Å²) in [6.45, 7) is 4.28. The van der Waals surface area contributed by atoms with Crippen LogP contribution in [0.1, 0.15) is 19.8 Å². The van der Waals surface area contributed by atoms with Crippen molar-refractivity contribution in [2.24, 2.45) is 0 Å². The fourth-order valence-corrected chi connectivity index (χ4v) is 1.75. The summed E-state index contributed by atoms with van der Waals surface area (Å²) in [5.74, 6) is 0. The van der Waals surface area contributed by atoms with Gasteiger partial charge in [0.05, 0.1) is 12.2 Å². The highest BCUT2D eigenvalue weighted by Crippen LogP contribution is 2.34. The van der Waals surface area contributed by atoms with Crippen LogP contribution in [-0.2, 0) is 4.74 Å². The summed E-state index contributed by atoms with van der Waals surface area (Å²) in [7, 11) is 0. The maximum absolute atomic E-state index is 5.49. The van der Waals surface area contributed by atoms with Gasteiger partial charge in [-0.3, -0.25) is 0 Å². The summed E-state index contributed by atoms with van der Waals surface area (Å²) >= 11 is 0. The van der Waals surface area contributed by atoms with Crippen molar-refractivity contribution in [3.63, 3.8) is 0 Å². The Bertz CT molecular complexity index is 120. The summed E-state index contributed by atoms with van der Waals surface area (Å²) in [6, 6.07) is 0.672. The minimum atomic E-state index is 0.277. The fraction of sp³-hybridized carbons (Fsp3) is 1.00. The van der Waals surface area contributed by atoms with Gasteiger partial charge in [-0.2, -0.15) is 0 Å². The third-order valence-electron chi connectivity index (χ3n) is 2.42. The van der Waals surface area contributed by atoms with Gasteiger partial charge in [-0.25, -0.2) is 0 Å². The molecule has 2 atom stereocenters. The number of hydrogen-bond donors (Lipinski definition) is 1. The number of hydrogen-bond acceptors (Lipinski definition) is 2. The van der Waals surface area contributed by atoms with E-state index in [0.717, 1.165) is 13.2 Å². The van der Waals surface area contributed by atoms with Gasteiger partial charge in [0.15, 0.2) is 0 Å². The fourth-order valence-electron chi connectivity index (χ4n) is 1.75. The quantitative estimate of drug-likeness (QED) is 0.512. The van der Waals surface area contributed by atoms with E-state index in [-0.39, 0.29) is 5.60 Å². The molecule has 0 aromatic carbocycles. The third kappa shape index (κ3) is 0.775. The average Bonchev–Trinajstić information content (AvgIpc) is 2.09. The SMILES string of the molecule is CC1CC2(CCO2)CN1. The van der Waals surface area contributed by atoms with Crippen LogP contribution in [0.15, 0.2) is 0 Å². The van der Waals surface area contributed by atoms with Crippen molar-refractivity contribution in [2.45, 2.75) is 31.4 Å². The molecule has 2 heterocycles. The summed E-state index contributed by atoms with van der Waals surface area (Å²) in [4.78, 5) is 0. The van der Waals surface area contributed by atoms with Crippen molar-refractivity contribution in [3.8, 4) is 0 Å². The second-order valence-electron chi connectivity index (χ2n) is 3.27. The van der Waals surface area contributed by atoms with Crippen LogP contribution in [0.4, 0.5) is 0 Å². The smallest absolute Gasteiger partial charge is 0.0842 e. The first-order valence-electron chi connectivity index (χ1n) is 3.68. The van der Waals surface area contributed by atoms with Crippen LogP contribution in [0, 0.1) is 0 Å². The standard InChI is InChI=1S/C7H13NO/c1-6-4-7(5-8-6)2-3-9-7/h6,8H,2-5H2,1H3. The van der Waals surface area contributed by atoms with E-state index in [1.165, 1.54) is 12.8 Å². The van der Waals surface area contributed by atoms with E-state index in [1.54, 1.807) is 0 Å². The molecule has 0 aliphatic carbocycles. The Morgan fingerprint density at radius 3 is 2.67 bits per heavy atom. The second kappa shape index (κ2) is 1.70. The van der Waals surface area contributed by atoms with E-state index in [1.807, 2.05) is 0 Å². The first-order chi connectivity index (χ1) is 4.31. The molecule has 1 N–H and O–H groups in total. The zero-order valence-electron chi connectivity index (χ0n) is 5.81. The Morgan fingerprint density at radius 1 is 1.67 bits per heavy atom. The largest absolute Gasteiger partial charge is 0.373 e. The third-order valence-corrected chi connectivity index (χ3v) is 2.42. The van der Waals surface area contributed by atoms with Crippen molar-refractivity contribution in [1.29, 1.82) is 0 Å². The Hall–Kier alpha value is -0.0800. The lowest BCUT2D eigenvalue weighted by atomic mass is 9.92. The minimum absolute atomic E-state index is 0.277. The van der Waals surface area contributed by atoms with Crippen molar-refractivity contribution < 1.29 is 4.74 Å². The van der Waals surface area contributed by atoms with Gasteiger partial charge in [-0.1, -0.05) is 0 Å². The highest BCUT2D eigenvalue weighted by Gasteiger charge is 2.43. The Morgan fingerprint density at radius 2 is 2.44 bits per heavy atom. The lowest BCUT2D eigenvalue weighted by Gasteiger charge is -2.37. The molecule has 0 amide bonds. The maximum atomic E-state index is 5.49. The molecule has 9 heavy (non-hydrogen) atoms. The van der Waals surface area contributed by atoms with Gasteiger partial charge in [0, 0.05) is 19.0 Å². The van der Waals surface area contributed by atoms with Crippen molar-refractivity contribution in [1.82, 2.24) is 5.32 Å². The molecular weight excluding hydrogens is 114 g/mol. The zero-order valence-corrected chi connectivity index (χ0v) is 5.81. The predicted molar refractivity (Wildman–Crippen MR) is 35.4 cm³/mol. The van der Waals surface area contributed by atoms with Crippen LogP contribution < -0.4 is 5.32 Å². The normalized spacial score (nSPS) is 49.7. The van der Waals surface area contributed by atoms with E-state index in [2.05, 4.69) is 12.2 Å². The highest BCUT2D eigenvalue weighted by atomic mass is 16.5. The van der Waals surface area contributed by atoms with Crippen molar-refractivity contribution >= 4 is 0 Å². The molecule has 2 fully saturated rings. The van der Waals surface area contributed by atoms with Crippen molar-refractivity contribution in [2.75, 3.05) is 13.2 Å². The summed E-state index contributed by atoms with van der Waals surface area (Å²) in [5, 5.41) is 3.39. The molecule has 0 bridgehead atoms.